The van der Waals surface area contributed by atoms with Crippen LogP contribution in [0.2, 0.25) is 0 Å². The van der Waals surface area contributed by atoms with Crippen molar-refractivity contribution in [2.75, 3.05) is 0 Å². The molecule has 0 unspecified atom stereocenters. The summed E-state index contributed by atoms with van der Waals surface area (Å²) < 4.78 is 1.34. The number of nitriles is 1. The van der Waals surface area contributed by atoms with Gasteiger partial charge in [0.05, 0.1) is 11.4 Å². The summed E-state index contributed by atoms with van der Waals surface area (Å²) in [6, 6.07) is 3.48. The fourth-order valence-electron chi connectivity index (χ4n) is 1.85. The Morgan fingerprint density at radius 1 is 1.37 bits per heavy atom. The molecule has 19 heavy (non-hydrogen) atoms. The van der Waals surface area contributed by atoms with Crippen LogP contribution in [0, 0.1) is 32.1 Å². The van der Waals surface area contributed by atoms with Gasteiger partial charge in [-0.15, -0.1) is 0 Å². The Morgan fingerprint density at radius 2 is 2.05 bits per heavy atom. The summed E-state index contributed by atoms with van der Waals surface area (Å²) in [6.07, 6.45) is 0. The number of carbonyl (C=O) groups is 1. The predicted molar refractivity (Wildman–Crippen MR) is 65.0 cm³/mol. The summed E-state index contributed by atoms with van der Waals surface area (Å²) in [5, 5.41) is 22.1. The molecule has 7 heteroatoms. The molecule has 0 aliphatic rings. The van der Waals surface area contributed by atoms with E-state index >= 15 is 0 Å². The monoisotopic (exact) mass is 257 g/mol. The lowest BCUT2D eigenvalue weighted by molar-refractivity contribution is 0.0695. The highest BCUT2D eigenvalue weighted by Gasteiger charge is 2.20. The molecule has 96 valence electrons. The fraction of sp³-hybridized carbons (Fsp3) is 0.250. The Hall–Kier alpha value is -2.75. The summed E-state index contributed by atoms with van der Waals surface area (Å²) in [5.74, 6) is -0.848. The van der Waals surface area contributed by atoms with Crippen LogP contribution in [0.25, 0.3) is 5.95 Å². The molecule has 0 aliphatic heterocycles. The van der Waals surface area contributed by atoms with Gasteiger partial charge in [0, 0.05) is 5.69 Å². The first-order valence-corrected chi connectivity index (χ1v) is 5.49. The third-order valence-electron chi connectivity index (χ3n) is 2.65. The van der Waals surface area contributed by atoms with E-state index in [4.69, 9.17) is 10.4 Å². The van der Waals surface area contributed by atoms with Crippen molar-refractivity contribution >= 4 is 5.97 Å². The molecule has 0 aliphatic carbocycles. The standard InChI is InChI=1S/C12H11N5O2/c1-6-4-9(5-13)15-12(14-6)17-8(3)10(11(18)19)7(2)16-17/h4H,1-3H3,(H,18,19). The van der Waals surface area contributed by atoms with Crippen molar-refractivity contribution < 1.29 is 9.90 Å². The molecule has 1 N–H and O–H groups in total. The molecule has 2 aromatic rings. The number of hydrogen-bond donors (Lipinski definition) is 1. The molecular formula is C12H11N5O2. The third-order valence-corrected chi connectivity index (χ3v) is 2.65. The van der Waals surface area contributed by atoms with E-state index in [1.165, 1.54) is 4.68 Å². The van der Waals surface area contributed by atoms with E-state index in [1.807, 2.05) is 6.07 Å². The summed E-state index contributed by atoms with van der Waals surface area (Å²) in [7, 11) is 0. The second-order valence-electron chi connectivity index (χ2n) is 4.07. The van der Waals surface area contributed by atoms with E-state index in [1.54, 1.807) is 26.8 Å². The van der Waals surface area contributed by atoms with Crippen LogP contribution in [0.1, 0.15) is 33.1 Å². The molecule has 0 aromatic carbocycles. The van der Waals surface area contributed by atoms with Gasteiger partial charge >= 0.3 is 5.97 Å². The first-order chi connectivity index (χ1) is 8.93. The molecule has 2 heterocycles. The molecule has 0 atom stereocenters. The van der Waals surface area contributed by atoms with Crippen molar-refractivity contribution in [3.8, 4) is 12.0 Å². The second kappa shape index (κ2) is 4.49. The zero-order valence-electron chi connectivity index (χ0n) is 10.7. The Bertz CT molecular complexity index is 712. The summed E-state index contributed by atoms with van der Waals surface area (Å²) in [6.45, 7) is 4.96. The second-order valence-corrected chi connectivity index (χ2v) is 4.07. The van der Waals surface area contributed by atoms with E-state index in [2.05, 4.69) is 15.1 Å². The average Bonchev–Trinajstić information content (AvgIpc) is 2.63. The summed E-state index contributed by atoms with van der Waals surface area (Å²) >= 11 is 0. The van der Waals surface area contributed by atoms with Gasteiger partial charge < -0.3 is 5.11 Å². The number of aryl methyl sites for hydroxylation is 2. The number of nitrogens with zero attached hydrogens (tertiary/aromatic N) is 5. The minimum Gasteiger partial charge on any atom is -0.478 e. The number of hydrogen-bond acceptors (Lipinski definition) is 5. The van der Waals surface area contributed by atoms with Crippen LogP contribution in [0.5, 0.6) is 0 Å². The lowest BCUT2D eigenvalue weighted by atomic mass is 10.2. The molecule has 7 nitrogen and oxygen atoms in total. The van der Waals surface area contributed by atoms with Gasteiger partial charge in [0.25, 0.3) is 5.95 Å². The number of aromatic carboxylic acids is 1. The lowest BCUT2D eigenvalue weighted by Gasteiger charge is -2.04. The lowest BCUT2D eigenvalue weighted by Crippen LogP contribution is -2.08. The zero-order chi connectivity index (χ0) is 14.2. The van der Waals surface area contributed by atoms with Crippen molar-refractivity contribution in [1.29, 1.82) is 5.26 Å². The van der Waals surface area contributed by atoms with Crippen LogP contribution in [0.15, 0.2) is 6.07 Å². The number of aromatic nitrogens is 4. The van der Waals surface area contributed by atoms with Crippen LogP contribution >= 0.6 is 0 Å². The van der Waals surface area contributed by atoms with Crippen molar-refractivity contribution in [3.05, 3.63) is 34.4 Å². The number of carboxylic acid groups (broad SMARTS) is 1. The van der Waals surface area contributed by atoms with E-state index < -0.39 is 5.97 Å². The smallest absolute Gasteiger partial charge is 0.339 e. The Labute approximate surface area is 109 Å². The maximum Gasteiger partial charge on any atom is 0.339 e. The first-order valence-electron chi connectivity index (χ1n) is 5.49. The topological polar surface area (TPSA) is 105 Å². The molecule has 0 saturated heterocycles. The van der Waals surface area contributed by atoms with E-state index in [9.17, 15) is 4.79 Å². The van der Waals surface area contributed by atoms with Crippen molar-refractivity contribution in [2.45, 2.75) is 20.8 Å². The largest absolute Gasteiger partial charge is 0.478 e. The molecule has 0 spiro atoms. The Balaban J connectivity index is 2.67. The minimum absolute atomic E-state index is 0.128. The average molecular weight is 257 g/mol. The summed E-state index contributed by atoms with van der Waals surface area (Å²) in [5.41, 5.74) is 1.77. The molecule has 2 aromatic heterocycles. The zero-order valence-corrected chi connectivity index (χ0v) is 10.7. The van der Waals surface area contributed by atoms with Crippen molar-refractivity contribution in [2.24, 2.45) is 0 Å². The normalized spacial score (nSPS) is 10.2. The van der Waals surface area contributed by atoms with Crippen molar-refractivity contribution in [1.82, 2.24) is 19.7 Å². The van der Waals surface area contributed by atoms with Gasteiger partial charge in [-0.2, -0.15) is 10.4 Å². The third kappa shape index (κ3) is 2.15. The minimum atomic E-state index is -1.05. The summed E-state index contributed by atoms with van der Waals surface area (Å²) in [4.78, 5) is 19.3. The molecule has 0 bridgehead atoms. The van der Waals surface area contributed by atoms with E-state index in [0.29, 0.717) is 17.1 Å². The van der Waals surface area contributed by atoms with Crippen LogP contribution in [-0.4, -0.2) is 30.8 Å². The van der Waals surface area contributed by atoms with Crippen LogP contribution in [0.3, 0.4) is 0 Å². The van der Waals surface area contributed by atoms with E-state index in [0.717, 1.165) is 0 Å². The fourth-order valence-corrected chi connectivity index (χ4v) is 1.85. The van der Waals surface area contributed by atoms with Gasteiger partial charge in [-0.25, -0.2) is 19.4 Å². The van der Waals surface area contributed by atoms with Gasteiger partial charge in [0.2, 0.25) is 0 Å². The van der Waals surface area contributed by atoms with Gasteiger partial charge in [-0.3, -0.25) is 0 Å². The first kappa shape index (κ1) is 12.7. The molecule has 0 radical (unpaired) electrons. The van der Waals surface area contributed by atoms with E-state index in [-0.39, 0.29) is 17.2 Å². The Morgan fingerprint density at radius 3 is 2.58 bits per heavy atom. The maximum atomic E-state index is 11.1. The maximum absolute atomic E-state index is 11.1. The SMILES string of the molecule is Cc1cc(C#N)nc(-n2nc(C)c(C(=O)O)c2C)n1. The molecule has 0 saturated carbocycles. The Kier molecular flexibility index (Phi) is 3.00. The number of carboxylic acids is 1. The van der Waals surface area contributed by atoms with Gasteiger partial charge in [0.15, 0.2) is 0 Å². The number of rotatable bonds is 2. The molecule has 0 fully saturated rings. The molecule has 0 amide bonds. The highest BCUT2D eigenvalue weighted by molar-refractivity contribution is 5.90. The highest BCUT2D eigenvalue weighted by Crippen LogP contribution is 2.16. The molecule has 2 rings (SSSR count). The quantitative estimate of drug-likeness (QED) is 0.865. The van der Waals surface area contributed by atoms with Gasteiger partial charge in [0.1, 0.15) is 17.3 Å². The van der Waals surface area contributed by atoms with Gasteiger partial charge in [-0.1, -0.05) is 0 Å². The van der Waals surface area contributed by atoms with Crippen molar-refractivity contribution in [3.63, 3.8) is 0 Å². The van der Waals surface area contributed by atoms with Gasteiger partial charge in [-0.05, 0) is 26.8 Å². The predicted octanol–water partition coefficient (Wildman–Crippen LogP) is 1.16. The van der Waals surface area contributed by atoms with Crippen LogP contribution in [0.4, 0.5) is 0 Å². The van der Waals surface area contributed by atoms with Crippen LogP contribution in [-0.2, 0) is 0 Å². The van der Waals surface area contributed by atoms with Crippen LogP contribution < -0.4 is 0 Å². The molecular weight excluding hydrogens is 246 g/mol. The highest BCUT2D eigenvalue weighted by atomic mass is 16.4.